The van der Waals surface area contributed by atoms with Gasteiger partial charge in [-0.2, -0.15) is 13.2 Å². The molecule has 0 atom stereocenters. The van der Waals surface area contributed by atoms with E-state index in [1.54, 1.807) is 4.90 Å². The van der Waals surface area contributed by atoms with Gasteiger partial charge in [0.05, 0.1) is 5.56 Å². The van der Waals surface area contributed by atoms with Gasteiger partial charge in [0, 0.05) is 31.6 Å². The van der Waals surface area contributed by atoms with Crippen LogP contribution in [0.5, 0.6) is 0 Å². The number of likely N-dealkylation sites (tertiary alicyclic amines) is 1. The second-order valence-corrected chi connectivity index (χ2v) is 5.37. The molecule has 0 bridgehead atoms. The molecule has 0 spiro atoms. The van der Waals surface area contributed by atoms with Crippen molar-refractivity contribution in [2.45, 2.75) is 32.4 Å². The van der Waals surface area contributed by atoms with E-state index in [-0.39, 0.29) is 18.0 Å². The SMILES string of the molecule is Cc1cc(NC(=O)CCN2CCCC2=O)cc(C(F)(F)F)c1. The zero-order valence-corrected chi connectivity index (χ0v) is 12.2. The average Bonchev–Trinajstić information content (AvgIpc) is 2.80. The van der Waals surface area contributed by atoms with E-state index in [9.17, 15) is 22.8 Å². The summed E-state index contributed by atoms with van der Waals surface area (Å²) < 4.78 is 38.2. The zero-order chi connectivity index (χ0) is 16.3. The third-order valence-corrected chi connectivity index (χ3v) is 3.47. The second-order valence-electron chi connectivity index (χ2n) is 5.37. The van der Waals surface area contributed by atoms with E-state index < -0.39 is 17.6 Å². The lowest BCUT2D eigenvalue weighted by Crippen LogP contribution is -2.28. The Morgan fingerprint density at radius 1 is 1.32 bits per heavy atom. The molecule has 0 aromatic heterocycles. The number of rotatable bonds is 4. The number of halogens is 3. The number of hydrogen-bond donors (Lipinski definition) is 1. The monoisotopic (exact) mass is 314 g/mol. The maximum absolute atomic E-state index is 12.7. The van der Waals surface area contributed by atoms with Crippen LogP contribution in [0, 0.1) is 6.92 Å². The van der Waals surface area contributed by atoms with Gasteiger partial charge < -0.3 is 10.2 Å². The molecular weight excluding hydrogens is 297 g/mol. The van der Waals surface area contributed by atoms with Crippen molar-refractivity contribution in [1.82, 2.24) is 4.90 Å². The van der Waals surface area contributed by atoms with Crippen molar-refractivity contribution in [2.75, 3.05) is 18.4 Å². The van der Waals surface area contributed by atoms with Crippen LogP contribution in [0.3, 0.4) is 0 Å². The molecule has 1 aliphatic rings. The number of anilines is 1. The molecular formula is C15H17F3N2O2. The number of amides is 2. The van der Waals surface area contributed by atoms with E-state index in [2.05, 4.69) is 5.32 Å². The third-order valence-electron chi connectivity index (χ3n) is 3.47. The molecule has 2 amide bonds. The first-order chi connectivity index (χ1) is 10.3. The molecule has 0 unspecified atom stereocenters. The quantitative estimate of drug-likeness (QED) is 0.929. The molecule has 1 aromatic carbocycles. The number of nitrogens with one attached hydrogen (secondary N) is 1. The van der Waals surface area contributed by atoms with Crippen molar-refractivity contribution in [3.05, 3.63) is 29.3 Å². The summed E-state index contributed by atoms with van der Waals surface area (Å²) in [6.07, 6.45) is -3.10. The topological polar surface area (TPSA) is 49.4 Å². The van der Waals surface area contributed by atoms with Gasteiger partial charge in [0.1, 0.15) is 0 Å². The average molecular weight is 314 g/mol. The highest BCUT2D eigenvalue weighted by atomic mass is 19.4. The van der Waals surface area contributed by atoms with Crippen LogP contribution in [0.2, 0.25) is 0 Å². The van der Waals surface area contributed by atoms with Gasteiger partial charge in [-0.15, -0.1) is 0 Å². The van der Waals surface area contributed by atoms with Crippen molar-refractivity contribution in [3.8, 4) is 0 Å². The summed E-state index contributed by atoms with van der Waals surface area (Å²) in [6.45, 7) is 2.46. The van der Waals surface area contributed by atoms with Crippen LogP contribution in [-0.2, 0) is 15.8 Å². The predicted molar refractivity (Wildman–Crippen MR) is 75.2 cm³/mol. The molecule has 1 saturated heterocycles. The maximum Gasteiger partial charge on any atom is 0.416 e. The van der Waals surface area contributed by atoms with E-state index in [1.165, 1.54) is 13.0 Å². The van der Waals surface area contributed by atoms with Gasteiger partial charge in [-0.3, -0.25) is 9.59 Å². The lowest BCUT2D eigenvalue weighted by Gasteiger charge is -2.15. The van der Waals surface area contributed by atoms with Crippen LogP contribution in [0.15, 0.2) is 18.2 Å². The van der Waals surface area contributed by atoms with Crippen molar-refractivity contribution in [1.29, 1.82) is 0 Å². The van der Waals surface area contributed by atoms with Crippen LogP contribution < -0.4 is 5.32 Å². The molecule has 1 aromatic rings. The van der Waals surface area contributed by atoms with Gasteiger partial charge in [-0.1, -0.05) is 0 Å². The third kappa shape index (κ3) is 4.22. The first kappa shape index (κ1) is 16.3. The number of carbonyl (C=O) groups is 2. The smallest absolute Gasteiger partial charge is 0.342 e. The molecule has 1 fully saturated rings. The molecule has 2 rings (SSSR count). The van der Waals surface area contributed by atoms with Gasteiger partial charge in [0.25, 0.3) is 0 Å². The summed E-state index contributed by atoms with van der Waals surface area (Å²) >= 11 is 0. The van der Waals surface area contributed by atoms with Crippen LogP contribution in [0.1, 0.15) is 30.4 Å². The lowest BCUT2D eigenvalue weighted by atomic mass is 10.1. The lowest BCUT2D eigenvalue weighted by molar-refractivity contribution is -0.137. The Morgan fingerprint density at radius 3 is 2.64 bits per heavy atom. The summed E-state index contributed by atoms with van der Waals surface area (Å²) in [5.74, 6) is -0.388. The van der Waals surface area contributed by atoms with Gasteiger partial charge in [0.15, 0.2) is 0 Å². The number of benzene rings is 1. The van der Waals surface area contributed by atoms with Crippen LogP contribution >= 0.6 is 0 Å². The van der Waals surface area contributed by atoms with Crippen LogP contribution in [0.25, 0.3) is 0 Å². The van der Waals surface area contributed by atoms with Gasteiger partial charge in [-0.05, 0) is 37.1 Å². The van der Waals surface area contributed by atoms with Crippen molar-refractivity contribution >= 4 is 17.5 Å². The summed E-state index contributed by atoms with van der Waals surface area (Å²) in [6, 6.07) is 3.42. The fourth-order valence-electron chi connectivity index (χ4n) is 2.42. The highest BCUT2D eigenvalue weighted by molar-refractivity contribution is 5.91. The molecule has 7 heteroatoms. The van der Waals surface area contributed by atoms with Crippen molar-refractivity contribution in [3.63, 3.8) is 0 Å². The summed E-state index contributed by atoms with van der Waals surface area (Å²) in [7, 11) is 0. The van der Waals surface area contributed by atoms with E-state index in [1.807, 2.05) is 0 Å². The minimum absolute atomic E-state index is 0.0164. The normalized spacial score (nSPS) is 15.3. The van der Waals surface area contributed by atoms with E-state index >= 15 is 0 Å². The molecule has 0 saturated carbocycles. The number of hydrogen-bond acceptors (Lipinski definition) is 2. The Balaban J connectivity index is 1.96. The molecule has 1 heterocycles. The first-order valence-corrected chi connectivity index (χ1v) is 7.02. The van der Waals surface area contributed by atoms with Crippen molar-refractivity contribution in [2.24, 2.45) is 0 Å². The van der Waals surface area contributed by atoms with Crippen LogP contribution in [0.4, 0.5) is 18.9 Å². The van der Waals surface area contributed by atoms with Crippen LogP contribution in [-0.4, -0.2) is 29.8 Å². The predicted octanol–water partition coefficient (Wildman–Crippen LogP) is 2.96. The molecule has 0 radical (unpaired) electrons. The Morgan fingerprint density at radius 2 is 2.05 bits per heavy atom. The Hall–Kier alpha value is -2.05. The summed E-state index contributed by atoms with van der Waals surface area (Å²) in [5.41, 5.74) is -0.262. The molecule has 120 valence electrons. The molecule has 1 aliphatic heterocycles. The molecule has 22 heavy (non-hydrogen) atoms. The Kier molecular flexibility index (Phi) is 4.73. The highest BCUT2D eigenvalue weighted by Crippen LogP contribution is 2.31. The fraction of sp³-hybridized carbons (Fsp3) is 0.467. The highest BCUT2D eigenvalue weighted by Gasteiger charge is 2.31. The largest absolute Gasteiger partial charge is 0.416 e. The summed E-state index contributed by atoms with van der Waals surface area (Å²) in [5, 5.41) is 2.46. The maximum atomic E-state index is 12.7. The second kappa shape index (κ2) is 6.37. The van der Waals surface area contributed by atoms with Crippen molar-refractivity contribution < 1.29 is 22.8 Å². The standard InChI is InChI=1S/C15H17F3N2O2/c1-10-7-11(15(16,17)18)9-12(8-10)19-13(21)4-6-20-5-2-3-14(20)22/h7-9H,2-6H2,1H3,(H,19,21). The van der Waals surface area contributed by atoms with Gasteiger partial charge >= 0.3 is 6.18 Å². The number of alkyl halides is 3. The van der Waals surface area contributed by atoms with Gasteiger partial charge in [0.2, 0.25) is 11.8 Å². The number of carbonyl (C=O) groups excluding carboxylic acids is 2. The Bertz CT molecular complexity index is 585. The molecule has 4 nitrogen and oxygen atoms in total. The number of aryl methyl sites for hydroxylation is 1. The zero-order valence-electron chi connectivity index (χ0n) is 12.2. The minimum Gasteiger partial charge on any atom is -0.342 e. The molecule has 0 aliphatic carbocycles. The van der Waals surface area contributed by atoms with E-state index in [0.29, 0.717) is 25.1 Å². The first-order valence-electron chi connectivity index (χ1n) is 7.02. The molecule has 1 N–H and O–H groups in total. The Labute approximate surface area is 126 Å². The number of nitrogens with zero attached hydrogens (tertiary/aromatic N) is 1. The van der Waals surface area contributed by atoms with E-state index in [4.69, 9.17) is 0 Å². The fourth-order valence-corrected chi connectivity index (χ4v) is 2.42. The van der Waals surface area contributed by atoms with E-state index in [0.717, 1.165) is 18.6 Å². The van der Waals surface area contributed by atoms with Gasteiger partial charge in [-0.25, -0.2) is 0 Å². The minimum atomic E-state index is -4.45. The summed E-state index contributed by atoms with van der Waals surface area (Å²) in [4.78, 5) is 24.8.